The average molecular weight is 177 g/mol. The van der Waals surface area contributed by atoms with Crippen molar-refractivity contribution in [3.8, 4) is 0 Å². The van der Waals surface area contributed by atoms with E-state index in [2.05, 4.69) is 37.4 Å². The van der Waals surface area contributed by atoms with Gasteiger partial charge in [0, 0.05) is 11.3 Å². The fourth-order valence-corrected chi connectivity index (χ4v) is 1.53. The number of benzene rings is 1. The van der Waals surface area contributed by atoms with Crippen LogP contribution >= 0.6 is 0 Å². The Kier molecular flexibility index (Phi) is 2.23. The van der Waals surface area contributed by atoms with Crippen molar-refractivity contribution in [3.63, 3.8) is 0 Å². The van der Waals surface area contributed by atoms with E-state index < -0.39 is 0 Å². The molecule has 13 heavy (non-hydrogen) atoms. The lowest BCUT2D eigenvalue weighted by atomic mass is 10.00. The van der Waals surface area contributed by atoms with Crippen LogP contribution in [0.5, 0.6) is 0 Å². The van der Waals surface area contributed by atoms with Crippen LogP contribution in [0.4, 0.5) is 5.69 Å². The molecule has 1 aliphatic rings. The molecular weight excluding hydrogens is 162 g/mol. The van der Waals surface area contributed by atoms with E-state index in [1.165, 1.54) is 16.8 Å². The Hall–Kier alpha value is -1.02. The van der Waals surface area contributed by atoms with Crippen molar-refractivity contribution in [2.45, 2.75) is 26.4 Å². The van der Waals surface area contributed by atoms with Gasteiger partial charge in [-0.2, -0.15) is 0 Å². The molecule has 0 radical (unpaired) electrons. The number of nitrogens with one attached hydrogen (secondary N) is 1. The fourth-order valence-electron chi connectivity index (χ4n) is 1.53. The third-order valence-corrected chi connectivity index (χ3v) is 2.42. The molecule has 0 saturated heterocycles. The van der Waals surface area contributed by atoms with Gasteiger partial charge in [-0.05, 0) is 17.5 Å². The lowest BCUT2D eigenvalue weighted by Gasteiger charge is -2.20. The topological polar surface area (TPSA) is 21.3 Å². The van der Waals surface area contributed by atoms with E-state index in [-0.39, 0.29) is 0 Å². The minimum atomic E-state index is 0.593. The molecule has 0 fully saturated rings. The van der Waals surface area contributed by atoms with Crippen molar-refractivity contribution in [2.75, 3.05) is 12.0 Å². The van der Waals surface area contributed by atoms with Gasteiger partial charge in [0.2, 0.25) is 0 Å². The highest BCUT2D eigenvalue weighted by Crippen LogP contribution is 2.25. The van der Waals surface area contributed by atoms with E-state index in [0.29, 0.717) is 12.6 Å². The van der Waals surface area contributed by atoms with E-state index in [1.807, 2.05) is 0 Å². The molecule has 1 aliphatic heterocycles. The van der Waals surface area contributed by atoms with Crippen molar-refractivity contribution in [1.29, 1.82) is 0 Å². The Morgan fingerprint density at radius 2 is 2.23 bits per heavy atom. The van der Waals surface area contributed by atoms with Gasteiger partial charge in [0.15, 0.2) is 0 Å². The van der Waals surface area contributed by atoms with E-state index in [4.69, 9.17) is 4.74 Å². The van der Waals surface area contributed by atoms with E-state index in [1.54, 1.807) is 0 Å². The zero-order valence-electron chi connectivity index (χ0n) is 8.13. The second-order valence-electron chi connectivity index (χ2n) is 3.74. The number of anilines is 1. The molecule has 0 saturated carbocycles. The zero-order valence-corrected chi connectivity index (χ0v) is 8.13. The summed E-state index contributed by atoms with van der Waals surface area (Å²) in [5, 5.41) is 3.24. The van der Waals surface area contributed by atoms with Crippen molar-refractivity contribution >= 4 is 5.69 Å². The van der Waals surface area contributed by atoms with Crippen LogP contribution in [0, 0.1) is 0 Å². The summed E-state index contributed by atoms with van der Waals surface area (Å²) in [5.74, 6) is 0.593. The van der Waals surface area contributed by atoms with Gasteiger partial charge in [0.1, 0.15) is 6.73 Å². The fraction of sp³-hybridized carbons (Fsp3) is 0.455. The lowest BCUT2D eigenvalue weighted by Crippen LogP contribution is -2.14. The largest absolute Gasteiger partial charge is 0.362 e. The third-order valence-electron chi connectivity index (χ3n) is 2.42. The summed E-state index contributed by atoms with van der Waals surface area (Å²) in [6.07, 6.45) is 0. The predicted molar refractivity (Wildman–Crippen MR) is 53.8 cm³/mol. The maximum atomic E-state index is 5.29. The van der Waals surface area contributed by atoms with Gasteiger partial charge in [-0.25, -0.2) is 0 Å². The minimum absolute atomic E-state index is 0.593. The third kappa shape index (κ3) is 1.68. The number of hydrogen-bond acceptors (Lipinski definition) is 2. The highest BCUT2D eigenvalue weighted by molar-refractivity contribution is 5.54. The van der Waals surface area contributed by atoms with E-state index >= 15 is 0 Å². The molecule has 0 spiro atoms. The lowest BCUT2D eigenvalue weighted by molar-refractivity contribution is 0.130. The van der Waals surface area contributed by atoms with Crippen LogP contribution in [-0.2, 0) is 11.3 Å². The smallest absolute Gasteiger partial charge is 0.116 e. The summed E-state index contributed by atoms with van der Waals surface area (Å²) < 4.78 is 5.29. The molecule has 0 atom stereocenters. The number of hydrogen-bond donors (Lipinski definition) is 1. The second-order valence-corrected chi connectivity index (χ2v) is 3.74. The van der Waals surface area contributed by atoms with E-state index in [0.717, 1.165) is 6.61 Å². The van der Waals surface area contributed by atoms with Crippen molar-refractivity contribution in [3.05, 3.63) is 29.3 Å². The predicted octanol–water partition coefficient (Wildman–Crippen LogP) is 2.71. The first kappa shape index (κ1) is 8.57. The van der Waals surface area contributed by atoms with Gasteiger partial charge in [0.25, 0.3) is 0 Å². The minimum Gasteiger partial charge on any atom is -0.362 e. The maximum absolute atomic E-state index is 5.29. The Bertz CT molecular complexity index is 307. The van der Waals surface area contributed by atoms with Gasteiger partial charge in [-0.15, -0.1) is 0 Å². The summed E-state index contributed by atoms with van der Waals surface area (Å²) in [6, 6.07) is 6.55. The summed E-state index contributed by atoms with van der Waals surface area (Å²) in [5.41, 5.74) is 3.88. The molecule has 0 bridgehead atoms. The van der Waals surface area contributed by atoms with Crippen LogP contribution in [0.25, 0.3) is 0 Å². The van der Waals surface area contributed by atoms with Gasteiger partial charge >= 0.3 is 0 Å². The number of ether oxygens (including phenoxy) is 1. The number of rotatable bonds is 1. The SMILES string of the molecule is CC(C)c1ccc2c(c1)NCOC2. The summed E-state index contributed by atoms with van der Waals surface area (Å²) in [6.45, 7) is 5.79. The quantitative estimate of drug-likeness (QED) is 0.712. The summed E-state index contributed by atoms with van der Waals surface area (Å²) >= 11 is 0. The normalized spacial score (nSPS) is 15.3. The Balaban J connectivity index is 2.35. The first-order chi connectivity index (χ1) is 6.27. The van der Waals surface area contributed by atoms with Gasteiger partial charge in [-0.1, -0.05) is 26.0 Å². The first-order valence-corrected chi connectivity index (χ1v) is 4.72. The Morgan fingerprint density at radius 3 is 3.00 bits per heavy atom. The van der Waals surface area contributed by atoms with Crippen LogP contribution in [-0.4, -0.2) is 6.73 Å². The highest BCUT2D eigenvalue weighted by Gasteiger charge is 2.09. The van der Waals surface area contributed by atoms with Crippen molar-refractivity contribution in [1.82, 2.24) is 0 Å². The van der Waals surface area contributed by atoms with Crippen LogP contribution in [0.15, 0.2) is 18.2 Å². The molecule has 1 heterocycles. The van der Waals surface area contributed by atoms with Gasteiger partial charge < -0.3 is 10.1 Å². The molecule has 70 valence electrons. The molecule has 1 aromatic carbocycles. The molecule has 1 N–H and O–H groups in total. The molecule has 1 aromatic rings. The molecule has 0 aromatic heterocycles. The zero-order chi connectivity index (χ0) is 9.26. The average Bonchev–Trinajstić information content (AvgIpc) is 2.17. The molecule has 0 unspecified atom stereocenters. The van der Waals surface area contributed by atoms with Crippen molar-refractivity contribution < 1.29 is 4.74 Å². The highest BCUT2D eigenvalue weighted by atomic mass is 16.5. The van der Waals surface area contributed by atoms with Crippen LogP contribution in [0.1, 0.15) is 30.9 Å². The van der Waals surface area contributed by atoms with Crippen molar-refractivity contribution in [2.24, 2.45) is 0 Å². The summed E-state index contributed by atoms with van der Waals surface area (Å²) in [7, 11) is 0. The monoisotopic (exact) mass is 177 g/mol. The molecule has 0 amide bonds. The maximum Gasteiger partial charge on any atom is 0.116 e. The van der Waals surface area contributed by atoms with Gasteiger partial charge in [0.05, 0.1) is 6.61 Å². The second kappa shape index (κ2) is 3.38. The Labute approximate surface area is 78.9 Å². The van der Waals surface area contributed by atoms with Gasteiger partial charge in [-0.3, -0.25) is 0 Å². The molecular formula is C11H15NO. The molecule has 2 rings (SSSR count). The molecule has 2 nitrogen and oxygen atoms in total. The van der Waals surface area contributed by atoms with Crippen LogP contribution in [0.3, 0.4) is 0 Å². The molecule has 0 aliphatic carbocycles. The standard InChI is InChI=1S/C11H15NO/c1-8(2)9-3-4-10-6-13-7-12-11(10)5-9/h3-5,8,12H,6-7H2,1-2H3. The van der Waals surface area contributed by atoms with Crippen LogP contribution < -0.4 is 5.32 Å². The molecule has 2 heteroatoms. The van der Waals surface area contributed by atoms with Crippen LogP contribution in [0.2, 0.25) is 0 Å². The summed E-state index contributed by atoms with van der Waals surface area (Å²) in [4.78, 5) is 0. The Morgan fingerprint density at radius 1 is 1.38 bits per heavy atom. The van der Waals surface area contributed by atoms with E-state index in [9.17, 15) is 0 Å². The first-order valence-electron chi connectivity index (χ1n) is 4.72. The number of fused-ring (bicyclic) bond motifs is 1.